The highest BCUT2D eigenvalue weighted by Crippen LogP contribution is 2.16. The van der Waals surface area contributed by atoms with Crippen molar-refractivity contribution < 1.29 is 8.42 Å². The van der Waals surface area contributed by atoms with E-state index in [0.717, 1.165) is 5.56 Å². The van der Waals surface area contributed by atoms with Crippen molar-refractivity contribution in [1.29, 1.82) is 0 Å². The van der Waals surface area contributed by atoms with Crippen molar-refractivity contribution in [2.24, 2.45) is 0 Å². The molecule has 0 radical (unpaired) electrons. The summed E-state index contributed by atoms with van der Waals surface area (Å²) in [6.45, 7) is 12.3. The predicted octanol–water partition coefficient (Wildman–Crippen LogP) is 2.16. The lowest BCUT2D eigenvalue weighted by molar-refractivity contribution is 0.381. The molecule has 0 atom stereocenters. The van der Waals surface area contributed by atoms with Gasteiger partial charge in [0.2, 0.25) is 0 Å². The third-order valence-electron chi connectivity index (χ3n) is 2.97. The van der Waals surface area contributed by atoms with Gasteiger partial charge in [-0.1, -0.05) is 26.0 Å². The Morgan fingerprint density at radius 1 is 1.33 bits per heavy atom. The zero-order valence-electron chi connectivity index (χ0n) is 13.2. The van der Waals surface area contributed by atoms with Crippen LogP contribution >= 0.6 is 0 Å². The number of sulfonamides is 1. The largest absolute Gasteiger partial charge is 0.310 e. The van der Waals surface area contributed by atoms with Crippen LogP contribution in [0.15, 0.2) is 36.0 Å². The molecule has 118 valence electrons. The Bertz CT molecular complexity index is 551. The second-order valence-electron chi connectivity index (χ2n) is 5.50. The number of pyridine rings is 1. The van der Waals surface area contributed by atoms with Gasteiger partial charge in [0.1, 0.15) is 0 Å². The van der Waals surface area contributed by atoms with Gasteiger partial charge in [0.15, 0.2) is 5.03 Å². The number of aromatic nitrogens is 1. The molecule has 0 aliphatic carbocycles. The van der Waals surface area contributed by atoms with Gasteiger partial charge in [-0.2, -0.15) is 4.31 Å². The molecule has 0 aliphatic rings. The third-order valence-corrected chi connectivity index (χ3v) is 4.93. The fourth-order valence-electron chi connectivity index (χ4n) is 1.82. The van der Waals surface area contributed by atoms with Gasteiger partial charge in [0.05, 0.1) is 0 Å². The van der Waals surface area contributed by atoms with Gasteiger partial charge in [-0.05, 0) is 25.5 Å². The topological polar surface area (TPSA) is 62.3 Å². The van der Waals surface area contributed by atoms with Crippen molar-refractivity contribution in [3.05, 3.63) is 36.5 Å². The maximum Gasteiger partial charge on any atom is 0.261 e. The Kier molecular flexibility index (Phi) is 6.51. The highest BCUT2D eigenvalue weighted by atomic mass is 32.2. The zero-order valence-corrected chi connectivity index (χ0v) is 14.0. The van der Waals surface area contributed by atoms with E-state index in [2.05, 4.69) is 30.7 Å². The van der Waals surface area contributed by atoms with E-state index in [0.29, 0.717) is 12.6 Å². The molecular weight excluding hydrogens is 286 g/mol. The van der Waals surface area contributed by atoms with E-state index in [-0.39, 0.29) is 17.6 Å². The van der Waals surface area contributed by atoms with Crippen LogP contribution in [0.1, 0.15) is 33.3 Å². The molecule has 0 aromatic carbocycles. The van der Waals surface area contributed by atoms with Crippen molar-refractivity contribution in [2.45, 2.75) is 51.3 Å². The molecule has 0 bridgehead atoms. The molecule has 1 aromatic rings. The van der Waals surface area contributed by atoms with Gasteiger partial charge in [-0.15, -0.1) is 6.58 Å². The van der Waals surface area contributed by atoms with E-state index >= 15 is 0 Å². The molecular formula is C15H25N3O2S. The van der Waals surface area contributed by atoms with Crippen molar-refractivity contribution in [3.63, 3.8) is 0 Å². The molecule has 1 aromatic heterocycles. The summed E-state index contributed by atoms with van der Waals surface area (Å²) < 4.78 is 26.5. The van der Waals surface area contributed by atoms with Crippen LogP contribution in [0.2, 0.25) is 0 Å². The fraction of sp³-hybridized carbons (Fsp3) is 0.533. The molecule has 5 nitrogen and oxygen atoms in total. The van der Waals surface area contributed by atoms with E-state index < -0.39 is 10.0 Å². The van der Waals surface area contributed by atoms with Crippen LogP contribution in [-0.4, -0.2) is 36.3 Å². The summed E-state index contributed by atoms with van der Waals surface area (Å²) in [4.78, 5) is 4.11. The average Bonchev–Trinajstić information content (AvgIpc) is 2.42. The Morgan fingerprint density at radius 2 is 2.00 bits per heavy atom. The Balaban J connectivity index is 2.95. The molecule has 0 unspecified atom stereocenters. The summed E-state index contributed by atoms with van der Waals surface area (Å²) in [5.74, 6) is 0. The summed E-state index contributed by atoms with van der Waals surface area (Å²) in [7, 11) is -3.58. The maximum absolute atomic E-state index is 12.5. The average molecular weight is 311 g/mol. The first kappa shape index (κ1) is 17.8. The van der Waals surface area contributed by atoms with Crippen LogP contribution in [0, 0.1) is 0 Å². The van der Waals surface area contributed by atoms with Gasteiger partial charge in [0.25, 0.3) is 10.0 Å². The first-order valence-corrected chi connectivity index (χ1v) is 8.54. The van der Waals surface area contributed by atoms with Crippen molar-refractivity contribution in [2.75, 3.05) is 6.54 Å². The van der Waals surface area contributed by atoms with Crippen LogP contribution < -0.4 is 5.32 Å². The second kappa shape index (κ2) is 7.68. The summed E-state index contributed by atoms with van der Waals surface area (Å²) in [5.41, 5.74) is 0.961. The van der Waals surface area contributed by atoms with Crippen LogP contribution in [-0.2, 0) is 16.6 Å². The third kappa shape index (κ3) is 4.91. The Hall–Kier alpha value is -1.24. The van der Waals surface area contributed by atoms with Crippen LogP contribution in [0.3, 0.4) is 0 Å². The number of nitrogens with zero attached hydrogens (tertiary/aromatic N) is 2. The van der Waals surface area contributed by atoms with Gasteiger partial charge in [-0.25, -0.2) is 13.4 Å². The molecule has 0 saturated heterocycles. The van der Waals surface area contributed by atoms with Gasteiger partial charge in [0, 0.05) is 31.4 Å². The molecule has 1 N–H and O–H groups in total. The smallest absolute Gasteiger partial charge is 0.261 e. The first-order valence-electron chi connectivity index (χ1n) is 7.10. The second-order valence-corrected chi connectivity index (χ2v) is 7.33. The normalized spacial score (nSPS) is 12.3. The molecule has 0 aliphatic heterocycles. The van der Waals surface area contributed by atoms with Gasteiger partial charge in [-0.3, -0.25) is 0 Å². The van der Waals surface area contributed by atoms with Crippen LogP contribution in [0.4, 0.5) is 0 Å². The van der Waals surface area contributed by atoms with Crippen molar-refractivity contribution in [3.8, 4) is 0 Å². The SMILES string of the molecule is C=CCN(C(C)C)S(=O)(=O)c1ccc(CNC(C)C)cn1. The minimum atomic E-state index is -3.58. The lowest BCUT2D eigenvalue weighted by Gasteiger charge is -2.24. The fourth-order valence-corrected chi connectivity index (χ4v) is 3.35. The maximum atomic E-state index is 12.5. The molecule has 1 rings (SSSR count). The Labute approximate surface area is 128 Å². The first-order chi connectivity index (χ1) is 9.78. The zero-order chi connectivity index (χ0) is 16.0. The van der Waals surface area contributed by atoms with Crippen LogP contribution in [0.5, 0.6) is 0 Å². The molecule has 0 saturated carbocycles. The molecule has 0 fully saturated rings. The summed E-state index contributed by atoms with van der Waals surface area (Å²) in [6, 6.07) is 3.59. The lowest BCUT2D eigenvalue weighted by atomic mass is 10.2. The van der Waals surface area contributed by atoms with E-state index in [1.807, 2.05) is 13.8 Å². The minimum Gasteiger partial charge on any atom is -0.310 e. The summed E-state index contributed by atoms with van der Waals surface area (Å²) >= 11 is 0. The highest BCUT2D eigenvalue weighted by molar-refractivity contribution is 7.89. The predicted molar refractivity (Wildman–Crippen MR) is 85.4 cm³/mol. The monoisotopic (exact) mass is 311 g/mol. The quantitative estimate of drug-likeness (QED) is 0.747. The number of hydrogen-bond acceptors (Lipinski definition) is 4. The molecule has 1 heterocycles. The molecule has 0 amide bonds. The van der Waals surface area contributed by atoms with Crippen LogP contribution in [0.25, 0.3) is 0 Å². The minimum absolute atomic E-state index is 0.0753. The van der Waals surface area contributed by atoms with E-state index in [4.69, 9.17) is 0 Å². The molecule has 6 heteroatoms. The molecule has 0 spiro atoms. The number of nitrogens with one attached hydrogen (secondary N) is 1. The van der Waals surface area contributed by atoms with Crippen molar-refractivity contribution >= 4 is 10.0 Å². The van der Waals surface area contributed by atoms with Crippen molar-refractivity contribution in [1.82, 2.24) is 14.6 Å². The highest BCUT2D eigenvalue weighted by Gasteiger charge is 2.26. The Morgan fingerprint density at radius 3 is 2.43 bits per heavy atom. The lowest BCUT2D eigenvalue weighted by Crippen LogP contribution is -2.37. The van der Waals surface area contributed by atoms with Gasteiger partial charge < -0.3 is 5.32 Å². The standard InChI is InChI=1S/C15H25N3O2S/c1-6-9-18(13(4)5)21(19,20)15-8-7-14(11-17-15)10-16-12(2)3/h6-8,11-13,16H,1,9-10H2,2-5H3. The van der Waals surface area contributed by atoms with E-state index in [9.17, 15) is 8.42 Å². The summed E-state index contributed by atoms with van der Waals surface area (Å²) in [5, 5.41) is 3.34. The number of rotatable bonds is 8. The van der Waals surface area contributed by atoms with E-state index in [1.54, 1.807) is 24.4 Å². The number of hydrogen-bond donors (Lipinski definition) is 1. The van der Waals surface area contributed by atoms with Gasteiger partial charge >= 0.3 is 0 Å². The molecule has 21 heavy (non-hydrogen) atoms. The summed E-state index contributed by atoms with van der Waals surface area (Å²) in [6.07, 6.45) is 3.19. The van der Waals surface area contributed by atoms with E-state index in [1.165, 1.54) is 4.31 Å².